The molecule has 0 spiro atoms. The number of aliphatic hydroxyl groups is 1. The third-order valence-electron chi connectivity index (χ3n) is 1.45. The molecule has 1 aliphatic heterocycles. The van der Waals surface area contributed by atoms with E-state index in [0.29, 0.717) is 0 Å². The number of rotatable bonds is 2. The lowest BCUT2D eigenvalue weighted by Gasteiger charge is -2.22. The third-order valence-corrected chi connectivity index (χ3v) is 1.45. The molecule has 0 radical (unpaired) electrons. The Hall–Kier alpha value is -0.380. The average molecular weight is 144 g/mol. The van der Waals surface area contributed by atoms with Gasteiger partial charge in [0.05, 0.1) is 12.7 Å². The molecule has 0 aromatic carbocycles. The molecule has 0 saturated heterocycles. The lowest BCUT2D eigenvalue weighted by atomic mass is 10.2. The van der Waals surface area contributed by atoms with Gasteiger partial charge in [-0.05, 0) is 12.5 Å². The molecule has 3 nitrogen and oxygen atoms in total. The molecule has 0 aromatic heterocycles. The summed E-state index contributed by atoms with van der Waals surface area (Å²) < 4.78 is 10.1. The second-order valence-electron chi connectivity index (χ2n) is 2.21. The fourth-order valence-corrected chi connectivity index (χ4v) is 0.884. The smallest absolute Gasteiger partial charge is 0.176 e. The van der Waals surface area contributed by atoms with Gasteiger partial charge in [-0.1, -0.05) is 6.08 Å². The monoisotopic (exact) mass is 144 g/mol. The Labute approximate surface area is 60.3 Å². The van der Waals surface area contributed by atoms with E-state index in [-0.39, 0.29) is 19.0 Å². The minimum atomic E-state index is -0.272. The van der Waals surface area contributed by atoms with Crippen molar-refractivity contribution in [2.24, 2.45) is 0 Å². The second-order valence-corrected chi connectivity index (χ2v) is 2.21. The first-order valence-electron chi connectivity index (χ1n) is 3.32. The zero-order valence-electron chi connectivity index (χ0n) is 5.99. The maximum absolute atomic E-state index is 8.69. The van der Waals surface area contributed by atoms with Gasteiger partial charge < -0.3 is 14.6 Å². The summed E-state index contributed by atoms with van der Waals surface area (Å²) in [7, 11) is 1.58. The fraction of sp³-hybridized carbons (Fsp3) is 0.714. The number of aliphatic hydroxyl groups excluding tert-OH is 1. The van der Waals surface area contributed by atoms with Crippen LogP contribution in [0.15, 0.2) is 12.2 Å². The van der Waals surface area contributed by atoms with Crippen molar-refractivity contribution < 1.29 is 14.6 Å². The van der Waals surface area contributed by atoms with Crippen molar-refractivity contribution in [2.45, 2.75) is 18.8 Å². The summed E-state index contributed by atoms with van der Waals surface area (Å²) in [6.07, 6.45) is 4.21. The zero-order chi connectivity index (χ0) is 7.40. The largest absolute Gasteiger partial charge is 0.394 e. The van der Waals surface area contributed by atoms with Crippen LogP contribution in [0.3, 0.4) is 0 Å². The van der Waals surface area contributed by atoms with E-state index >= 15 is 0 Å². The van der Waals surface area contributed by atoms with Crippen molar-refractivity contribution in [3.63, 3.8) is 0 Å². The highest BCUT2D eigenvalue weighted by Crippen LogP contribution is 2.11. The minimum Gasteiger partial charge on any atom is -0.394 e. The SMILES string of the molecule is CO[C@H]1C=CC[C@@H](CO)O1. The van der Waals surface area contributed by atoms with Crippen molar-refractivity contribution >= 4 is 0 Å². The zero-order valence-corrected chi connectivity index (χ0v) is 5.99. The van der Waals surface area contributed by atoms with Gasteiger partial charge in [-0.25, -0.2) is 0 Å². The Morgan fingerprint density at radius 1 is 1.80 bits per heavy atom. The molecule has 0 amide bonds. The molecule has 1 rings (SSSR count). The highest BCUT2D eigenvalue weighted by molar-refractivity contribution is 4.92. The van der Waals surface area contributed by atoms with E-state index in [0.717, 1.165) is 6.42 Å². The summed E-state index contributed by atoms with van der Waals surface area (Å²) in [5, 5.41) is 8.69. The molecule has 10 heavy (non-hydrogen) atoms. The summed E-state index contributed by atoms with van der Waals surface area (Å²) in [4.78, 5) is 0. The first kappa shape index (κ1) is 7.72. The number of methoxy groups -OCH3 is 1. The average Bonchev–Trinajstić information content (AvgIpc) is 2.05. The van der Waals surface area contributed by atoms with Crippen LogP contribution in [0, 0.1) is 0 Å². The van der Waals surface area contributed by atoms with Crippen LogP contribution in [0.5, 0.6) is 0 Å². The standard InChI is InChI=1S/C7H12O3/c1-9-7-4-2-3-6(5-8)10-7/h2,4,6-8H,3,5H2,1H3/t6-,7+/m0/s1. The highest BCUT2D eigenvalue weighted by Gasteiger charge is 2.15. The van der Waals surface area contributed by atoms with E-state index < -0.39 is 0 Å². The van der Waals surface area contributed by atoms with Gasteiger partial charge in [-0.2, -0.15) is 0 Å². The van der Waals surface area contributed by atoms with Gasteiger partial charge in [0.1, 0.15) is 0 Å². The minimum absolute atomic E-state index is 0.0597. The van der Waals surface area contributed by atoms with Crippen molar-refractivity contribution in [1.29, 1.82) is 0 Å². The summed E-state index contributed by atoms with van der Waals surface area (Å²) in [6, 6.07) is 0. The third kappa shape index (κ3) is 1.80. The van der Waals surface area contributed by atoms with Crippen LogP contribution in [0.1, 0.15) is 6.42 Å². The van der Waals surface area contributed by atoms with Gasteiger partial charge in [0.2, 0.25) is 0 Å². The van der Waals surface area contributed by atoms with Crippen molar-refractivity contribution in [2.75, 3.05) is 13.7 Å². The van der Waals surface area contributed by atoms with E-state index in [2.05, 4.69) is 0 Å². The quantitative estimate of drug-likeness (QED) is 0.566. The molecule has 0 bridgehead atoms. The van der Waals surface area contributed by atoms with E-state index in [4.69, 9.17) is 14.6 Å². The maximum atomic E-state index is 8.69. The Balaban J connectivity index is 2.38. The van der Waals surface area contributed by atoms with Crippen molar-refractivity contribution in [3.05, 3.63) is 12.2 Å². The molecular formula is C7H12O3. The van der Waals surface area contributed by atoms with Crippen molar-refractivity contribution in [1.82, 2.24) is 0 Å². The van der Waals surface area contributed by atoms with E-state index in [1.54, 1.807) is 7.11 Å². The van der Waals surface area contributed by atoms with Gasteiger partial charge in [0, 0.05) is 7.11 Å². The molecule has 58 valence electrons. The summed E-state index contributed by atoms with van der Waals surface area (Å²) in [6.45, 7) is 0.0597. The van der Waals surface area contributed by atoms with E-state index in [1.165, 1.54) is 0 Å². The Morgan fingerprint density at radius 3 is 3.20 bits per heavy atom. The van der Waals surface area contributed by atoms with E-state index in [1.807, 2.05) is 12.2 Å². The first-order valence-corrected chi connectivity index (χ1v) is 3.32. The van der Waals surface area contributed by atoms with Crippen LogP contribution < -0.4 is 0 Å². The summed E-state index contributed by atoms with van der Waals surface area (Å²) >= 11 is 0. The van der Waals surface area contributed by atoms with Gasteiger partial charge >= 0.3 is 0 Å². The molecular weight excluding hydrogens is 132 g/mol. The Bertz CT molecular complexity index is 122. The predicted octanol–water partition coefficient (Wildman–Crippen LogP) is 0.296. The van der Waals surface area contributed by atoms with Gasteiger partial charge in [-0.15, -0.1) is 0 Å². The topological polar surface area (TPSA) is 38.7 Å². The number of ether oxygens (including phenoxy) is 2. The van der Waals surface area contributed by atoms with Crippen LogP contribution in [-0.4, -0.2) is 31.2 Å². The predicted molar refractivity (Wildman–Crippen MR) is 36.5 cm³/mol. The maximum Gasteiger partial charge on any atom is 0.176 e. The Morgan fingerprint density at radius 2 is 2.60 bits per heavy atom. The normalized spacial score (nSPS) is 32.6. The van der Waals surface area contributed by atoms with Crippen LogP contribution in [0.2, 0.25) is 0 Å². The lowest BCUT2D eigenvalue weighted by Crippen LogP contribution is -2.27. The number of hydrogen-bond acceptors (Lipinski definition) is 3. The van der Waals surface area contributed by atoms with Crippen LogP contribution >= 0.6 is 0 Å². The Kier molecular flexibility index (Phi) is 2.86. The molecule has 3 heteroatoms. The van der Waals surface area contributed by atoms with Gasteiger partial charge in [-0.3, -0.25) is 0 Å². The van der Waals surface area contributed by atoms with E-state index in [9.17, 15) is 0 Å². The number of hydrogen-bond donors (Lipinski definition) is 1. The highest BCUT2D eigenvalue weighted by atomic mass is 16.7. The fourth-order valence-electron chi connectivity index (χ4n) is 0.884. The molecule has 1 N–H and O–H groups in total. The van der Waals surface area contributed by atoms with Crippen molar-refractivity contribution in [3.8, 4) is 0 Å². The van der Waals surface area contributed by atoms with Crippen LogP contribution in [0.25, 0.3) is 0 Å². The summed E-state index contributed by atoms with van der Waals surface area (Å²) in [5.74, 6) is 0. The molecule has 0 aliphatic carbocycles. The molecule has 0 fully saturated rings. The van der Waals surface area contributed by atoms with Crippen LogP contribution in [0.4, 0.5) is 0 Å². The molecule has 0 aromatic rings. The van der Waals surface area contributed by atoms with Gasteiger partial charge in [0.15, 0.2) is 6.29 Å². The molecule has 0 saturated carbocycles. The second kappa shape index (κ2) is 3.71. The van der Waals surface area contributed by atoms with Crippen LogP contribution in [-0.2, 0) is 9.47 Å². The molecule has 0 unspecified atom stereocenters. The summed E-state index contributed by atoms with van der Waals surface area (Å²) in [5.41, 5.74) is 0. The van der Waals surface area contributed by atoms with Gasteiger partial charge in [0.25, 0.3) is 0 Å². The molecule has 1 aliphatic rings. The molecule has 1 heterocycles. The molecule has 2 atom stereocenters. The first-order chi connectivity index (χ1) is 4.86. The lowest BCUT2D eigenvalue weighted by molar-refractivity contribution is -0.141.